The van der Waals surface area contributed by atoms with Gasteiger partial charge < -0.3 is 5.32 Å². The molecule has 1 aromatic heterocycles. The van der Waals surface area contributed by atoms with Gasteiger partial charge in [-0.05, 0) is 49.6 Å². The molecule has 152 valence electrons. The summed E-state index contributed by atoms with van der Waals surface area (Å²) in [7, 11) is 0. The van der Waals surface area contributed by atoms with Gasteiger partial charge in [-0.1, -0.05) is 31.2 Å². The molecule has 0 radical (unpaired) electrons. The average Bonchev–Trinajstić information content (AvgIpc) is 2.65. The van der Waals surface area contributed by atoms with Crippen LogP contribution in [0, 0.1) is 13.8 Å². The quantitative estimate of drug-likeness (QED) is 0.691. The maximum absolute atomic E-state index is 13.4. The monoisotopic (exact) mass is 403 g/mol. The number of hydrogen-bond donors (Lipinski definition) is 1. The van der Waals surface area contributed by atoms with Crippen LogP contribution < -0.4 is 10.9 Å². The largest absolute Gasteiger partial charge is 0.438 e. The van der Waals surface area contributed by atoms with Crippen LogP contribution in [0.2, 0.25) is 0 Å². The van der Waals surface area contributed by atoms with E-state index in [1.165, 1.54) is 18.2 Å². The van der Waals surface area contributed by atoms with E-state index in [1.807, 2.05) is 26.0 Å². The first-order valence-electron chi connectivity index (χ1n) is 9.10. The fourth-order valence-corrected chi connectivity index (χ4v) is 3.22. The third-order valence-corrected chi connectivity index (χ3v) is 4.72. The molecule has 0 aliphatic carbocycles. The van der Waals surface area contributed by atoms with Gasteiger partial charge in [0.15, 0.2) is 0 Å². The maximum Gasteiger partial charge on any atom is 0.438 e. The Kier molecular flexibility index (Phi) is 5.46. The van der Waals surface area contributed by atoms with Crippen LogP contribution in [-0.4, -0.2) is 15.5 Å². The summed E-state index contributed by atoms with van der Waals surface area (Å²) in [5.74, 6) is -0.562. The maximum atomic E-state index is 13.4. The van der Waals surface area contributed by atoms with Crippen molar-refractivity contribution in [2.75, 3.05) is 5.32 Å². The zero-order valence-corrected chi connectivity index (χ0v) is 16.2. The molecule has 0 spiro atoms. The summed E-state index contributed by atoms with van der Waals surface area (Å²) in [6.45, 7) is 5.32. The number of nitrogens with zero attached hydrogens (tertiary/aromatic N) is 2. The molecule has 3 aromatic rings. The van der Waals surface area contributed by atoms with Crippen LogP contribution in [0.5, 0.6) is 0 Å². The molecule has 0 saturated carbocycles. The molecule has 1 N–H and O–H groups in total. The highest BCUT2D eigenvalue weighted by Gasteiger charge is 2.38. The Balaban J connectivity index is 2.16. The molecule has 1 atom stereocenters. The Labute approximate surface area is 165 Å². The standard InChI is InChI=1S/C21H20F3N3O2/c1-4-16(19(28)26-15-11-12(2)9-10-13(15)3)27-17-8-6-5-7-14(17)25-18(20(27)29)21(22,23)24/h5-11,16H,4H2,1-3H3,(H,26,28). The molecule has 5 nitrogen and oxygen atoms in total. The molecule has 0 bridgehead atoms. The highest BCUT2D eigenvalue weighted by atomic mass is 19.4. The van der Waals surface area contributed by atoms with Crippen LogP contribution in [0.25, 0.3) is 11.0 Å². The zero-order valence-electron chi connectivity index (χ0n) is 16.2. The van der Waals surface area contributed by atoms with Crippen molar-refractivity contribution in [1.82, 2.24) is 9.55 Å². The van der Waals surface area contributed by atoms with Crippen molar-refractivity contribution in [3.8, 4) is 0 Å². The first kappa shape index (κ1) is 20.6. The minimum atomic E-state index is -4.93. The van der Waals surface area contributed by atoms with Crippen molar-refractivity contribution < 1.29 is 18.0 Å². The zero-order chi connectivity index (χ0) is 21.3. The first-order valence-corrected chi connectivity index (χ1v) is 9.10. The third-order valence-electron chi connectivity index (χ3n) is 4.72. The number of alkyl halides is 3. The number of fused-ring (bicyclic) bond motifs is 1. The third kappa shape index (κ3) is 4.01. The molecule has 3 rings (SSSR count). The Morgan fingerprint density at radius 1 is 1.17 bits per heavy atom. The van der Waals surface area contributed by atoms with E-state index in [2.05, 4.69) is 10.3 Å². The summed E-state index contributed by atoms with van der Waals surface area (Å²) in [5, 5.41) is 2.75. The second-order valence-electron chi connectivity index (χ2n) is 6.85. The number of nitrogens with one attached hydrogen (secondary N) is 1. The van der Waals surface area contributed by atoms with Crippen molar-refractivity contribution >= 4 is 22.6 Å². The number of carbonyl (C=O) groups is 1. The second kappa shape index (κ2) is 7.69. The summed E-state index contributed by atoms with van der Waals surface area (Å²) in [6.07, 6.45) is -4.80. The van der Waals surface area contributed by atoms with E-state index in [0.29, 0.717) is 5.69 Å². The number of anilines is 1. The molecule has 8 heteroatoms. The van der Waals surface area contributed by atoms with Crippen LogP contribution in [-0.2, 0) is 11.0 Å². The summed E-state index contributed by atoms with van der Waals surface area (Å²) in [6, 6.07) is 10.4. The minimum absolute atomic E-state index is 0.00240. The molecular formula is C21H20F3N3O2. The summed E-state index contributed by atoms with van der Waals surface area (Å²) in [4.78, 5) is 29.2. The van der Waals surface area contributed by atoms with Gasteiger partial charge in [0.2, 0.25) is 11.6 Å². The van der Waals surface area contributed by atoms with E-state index in [0.717, 1.165) is 15.7 Å². The van der Waals surface area contributed by atoms with Gasteiger partial charge in [0.1, 0.15) is 6.04 Å². The van der Waals surface area contributed by atoms with Gasteiger partial charge in [-0.25, -0.2) is 4.98 Å². The summed E-state index contributed by atoms with van der Waals surface area (Å²) in [5.41, 5.74) is -0.415. The van der Waals surface area contributed by atoms with Gasteiger partial charge in [0.05, 0.1) is 11.0 Å². The minimum Gasteiger partial charge on any atom is -0.324 e. The summed E-state index contributed by atoms with van der Waals surface area (Å²) < 4.78 is 41.1. The van der Waals surface area contributed by atoms with Gasteiger partial charge >= 0.3 is 6.18 Å². The molecule has 1 heterocycles. The molecule has 1 unspecified atom stereocenters. The smallest absolute Gasteiger partial charge is 0.324 e. The lowest BCUT2D eigenvalue weighted by Gasteiger charge is -2.22. The number of benzene rings is 2. The number of carbonyl (C=O) groups excluding carboxylic acids is 1. The number of aryl methyl sites for hydroxylation is 2. The first-order chi connectivity index (χ1) is 13.6. The second-order valence-corrected chi connectivity index (χ2v) is 6.85. The van der Waals surface area contributed by atoms with Gasteiger partial charge in [0, 0.05) is 5.69 Å². The van der Waals surface area contributed by atoms with Gasteiger partial charge in [-0.15, -0.1) is 0 Å². The van der Waals surface area contributed by atoms with Crippen molar-refractivity contribution in [1.29, 1.82) is 0 Å². The Morgan fingerprint density at radius 2 is 1.86 bits per heavy atom. The molecular weight excluding hydrogens is 383 g/mol. The predicted octanol–water partition coefficient (Wildman–Crippen LogP) is 4.62. The SMILES string of the molecule is CCC(C(=O)Nc1cc(C)ccc1C)n1c(=O)c(C(F)(F)F)nc2ccccc21. The molecule has 29 heavy (non-hydrogen) atoms. The lowest BCUT2D eigenvalue weighted by molar-refractivity contribution is -0.142. The normalized spacial score (nSPS) is 12.8. The summed E-state index contributed by atoms with van der Waals surface area (Å²) >= 11 is 0. The van der Waals surface area contributed by atoms with Gasteiger partial charge in [-0.2, -0.15) is 13.2 Å². The molecule has 0 aliphatic heterocycles. The van der Waals surface area contributed by atoms with Crippen molar-refractivity contribution in [2.45, 2.75) is 39.4 Å². The Morgan fingerprint density at radius 3 is 2.52 bits per heavy atom. The topological polar surface area (TPSA) is 64.0 Å². The highest BCUT2D eigenvalue weighted by Crippen LogP contribution is 2.28. The van der Waals surface area contributed by atoms with Crippen molar-refractivity contribution in [3.63, 3.8) is 0 Å². The van der Waals surface area contributed by atoms with Crippen LogP contribution in [0.15, 0.2) is 47.3 Å². The van der Waals surface area contributed by atoms with E-state index in [1.54, 1.807) is 19.1 Å². The number of para-hydroxylation sites is 2. The van der Waals surface area contributed by atoms with E-state index in [4.69, 9.17) is 0 Å². The van der Waals surface area contributed by atoms with E-state index >= 15 is 0 Å². The van der Waals surface area contributed by atoms with Gasteiger partial charge in [-0.3, -0.25) is 14.2 Å². The predicted molar refractivity (Wildman–Crippen MR) is 105 cm³/mol. The van der Waals surface area contributed by atoms with Gasteiger partial charge in [0.25, 0.3) is 5.56 Å². The van der Waals surface area contributed by atoms with Crippen LogP contribution in [0.4, 0.5) is 18.9 Å². The van der Waals surface area contributed by atoms with Crippen molar-refractivity contribution in [3.05, 3.63) is 69.6 Å². The number of hydrogen-bond acceptors (Lipinski definition) is 3. The average molecular weight is 403 g/mol. The number of amides is 1. The number of aromatic nitrogens is 2. The molecule has 1 amide bonds. The fraction of sp³-hybridized carbons (Fsp3) is 0.286. The molecule has 0 saturated heterocycles. The fourth-order valence-electron chi connectivity index (χ4n) is 3.22. The molecule has 2 aromatic carbocycles. The lowest BCUT2D eigenvalue weighted by Crippen LogP contribution is -2.37. The van der Waals surface area contributed by atoms with E-state index < -0.39 is 29.4 Å². The Bertz CT molecular complexity index is 1140. The Hall–Kier alpha value is -3.16. The van der Waals surface area contributed by atoms with Crippen molar-refractivity contribution in [2.24, 2.45) is 0 Å². The van der Waals surface area contributed by atoms with Crippen LogP contribution >= 0.6 is 0 Å². The molecule has 0 fully saturated rings. The van der Waals surface area contributed by atoms with Crippen LogP contribution in [0.3, 0.4) is 0 Å². The molecule has 0 aliphatic rings. The number of halogens is 3. The van der Waals surface area contributed by atoms with E-state index in [9.17, 15) is 22.8 Å². The lowest BCUT2D eigenvalue weighted by atomic mass is 10.1. The number of rotatable bonds is 4. The highest BCUT2D eigenvalue weighted by molar-refractivity contribution is 5.95. The van der Waals surface area contributed by atoms with Crippen LogP contribution in [0.1, 0.15) is 36.2 Å². The van der Waals surface area contributed by atoms with E-state index in [-0.39, 0.29) is 17.5 Å².